The van der Waals surface area contributed by atoms with Crippen molar-refractivity contribution in [3.05, 3.63) is 48.5 Å². The molecule has 0 aliphatic rings. The highest BCUT2D eigenvalue weighted by molar-refractivity contribution is 6.01. The predicted octanol–water partition coefficient (Wildman–Crippen LogP) is 2.63. The first kappa shape index (κ1) is 17.3. The van der Waals surface area contributed by atoms with Gasteiger partial charge in [-0.15, -0.1) is 0 Å². The molecule has 0 atom stereocenters. The van der Waals surface area contributed by atoms with E-state index in [1.165, 1.54) is 7.11 Å². The van der Waals surface area contributed by atoms with Gasteiger partial charge in [0.2, 0.25) is 5.91 Å². The summed E-state index contributed by atoms with van der Waals surface area (Å²) in [7, 11) is 1.49. The van der Waals surface area contributed by atoms with Crippen molar-refractivity contribution >= 4 is 29.0 Å². The Morgan fingerprint density at radius 3 is 2.42 bits per heavy atom. The zero-order valence-electron chi connectivity index (χ0n) is 13.3. The number of nitrogens with two attached hydrogens (primary N) is 1. The first-order valence-corrected chi connectivity index (χ1v) is 7.43. The molecule has 3 amide bonds. The van der Waals surface area contributed by atoms with Crippen LogP contribution >= 0.6 is 0 Å². The van der Waals surface area contributed by atoms with Crippen molar-refractivity contribution < 1.29 is 14.3 Å². The number of anilines is 3. The molecule has 0 spiro atoms. The Balaban J connectivity index is 2.04. The van der Waals surface area contributed by atoms with Gasteiger partial charge in [0.15, 0.2) is 0 Å². The highest BCUT2D eigenvalue weighted by atomic mass is 16.5. The van der Waals surface area contributed by atoms with Crippen LogP contribution in [0.15, 0.2) is 48.5 Å². The number of nitrogens with one attached hydrogen (secondary N) is 3. The summed E-state index contributed by atoms with van der Waals surface area (Å²) in [6.07, 6.45) is 0.238. The highest BCUT2D eigenvalue weighted by Crippen LogP contribution is 2.28. The van der Waals surface area contributed by atoms with E-state index in [9.17, 15) is 9.59 Å². The van der Waals surface area contributed by atoms with Crippen molar-refractivity contribution in [3.63, 3.8) is 0 Å². The molecule has 2 aromatic carbocycles. The van der Waals surface area contributed by atoms with Crippen LogP contribution < -0.4 is 26.4 Å². The smallest absolute Gasteiger partial charge is 0.323 e. The van der Waals surface area contributed by atoms with Gasteiger partial charge in [0.1, 0.15) is 5.75 Å². The van der Waals surface area contributed by atoms with Gasteiger partial charge in [0.25, 0.3) is 0 Å². The van der Waals surface area contributed by atoms with Gasteiger partial charge in [-0.2, -0.15) is 0 Å². The van der Waals surface area contributed by atoms with Gasteiger partial charge in [0.05, 0.1) is 12.8 Å². The summed E-state index contributed by atoms with van der Waals surface area (Å²) in [5.41, 5.74) is 7.08. The van der Waals surface area contributed by atoms with Crippen molar-refractivity contribution in [1.29, 1.82) is 0 Å². The number of carbonyl (C=O) groups is 2. The third-order valence-electron chi connectivity index (χ3n) is 3.14. The first-order valence-electron chi connectivity index (χ1n) is 7.43. The van der Waals surface area contributed by atoms with Crippen LogP contribution in [0, 0.1) is 0 Å². The molecule has 0 bridgehead atoms. The van der Waals surface area contributed by atoms with E-state index < -0.39 is 0 Å². The summed E-state index contributed by atoms with van der Waals surface area (Å²) in [4.78, 5) is 23.6. The lowest BCUT2D eigenvalue weighted by Gasteiger charge is -2.13. The van der Waals surface area contributed by atoms with Crippen molar-refractivity contribution in [2.45, 2.75) is 6.42 Å². The molecule has 0 saturated carbocycles. The number of carbonyl (C=O) groups excluding carboxylic acids is 2. The van der Waals surface area contributed by atoms with Crippen molar-refractivity contribution in [1.82, 2.24) is 0 Å². The van der Waals surface area contributed by atoms with Gasteiger partial charge in [-0.1, -0.05) is 18.2 Å². The van der Waals surface area contributed by atoms with Crippen molar-refractivity contribution in [3.8, 4) is 5.75 Å². The SMILES string of the molecule is COc1cc(NC(=O)CCN)ccc1NC(=O)Nc1ccccc1. The van der Waals surface area contributed by atoms with Gasteiger partial charge in [-0.05, 0) is 24.3 Å². The lowest BCUT2D eigenvalue weighted by atomic mass is 10.2. The van der Waals surface area contributed by atoms with Crippen LogP contribution in [0.1, 0.15) is 6.42 Å². The Labute approximate surface area is 140 Å². The third-order valence-corrected chi connectivity index (χ3v) is 3.14. The molecular formula is C17H20N4O3. The minimum atomic E-state index is -0.389. The molecule has 24 heavy (non-hydrogen) atoms. The molecule has 0 saturated heterocycles. The van der Waals surface area contributed by atoms with E-state index in [1.807, 2.05) is 18.2 Å². The Morgan fingerprint density at radius 2 is 1.75 bits per heavy atom. The van der Waals surface area contributed by atoms with Crippen LogP contribution in [-0.4, -0.2) is 25.6 Å². The van der Waals surface area contributed by atoms with Crippen molar-refractivity contribution in [2.75, 3.05) is 29.6 Å². The maximum atomic E-state index is 12.0. The van der Waals surface area contributed by atoms with Gasteiger partial charge >= 0.3 is 6.03 Å². The van der Waals surface area contributed by atoms with E-state index >= 15 is 0 Å². The standard InChI is InChI=1S/C17H20N4O3/c1-24-15-11-13(19-16(22)9-10-18)7-8-14(15)21-17(23)20-12-5-3-2-4-6-12/h2-8,11H,9-10,18H2,1H3,(H,19,22)(H2,20,21,23). The van der Waals surface area contributed by atoms with Crippen LogP contribution in [0.25, 0.3) is 0 Å². The molecule has 0 fully saturated rings. The van der Waals surface area contributed by atoms with Crippen LogP contribution in [-0.2, 0) is 4.79 Å². The molecule has 0 aliphatic carbocycles. The quantitative estimate of drug-likeness (QED) is 0.654. The average Bonchev–Trinajstić information content (AvgIpc) is 2.57. The van der Waals surface area contributed by atoms with Crippen molar-refractivity contribution in [2.24, 2.45) is 5.73 Å². The maximum absolute atomic E-state index is 12.0. The lowest BCUT2D eigenvalue weighted by molar-refractivity contribution is -0.116. The number of amides is 3. The van der Waals surface area contributed by atoms with Gasteiger partial charge in [0, 0.05) is 30.4 Å². The minimum absolute atomic E-state index is 0.179. The van der Waals surface area contributed by atoms with Gasteiger partial charge in [-0.3, -0.25) is 4.79 Å². The molecule has 5 N–H and O–H groups in total. The van der Waals surface area contributed by atoms with Crippen LogP contribution in [0.4, 0.5) is 21.9 Å². The molecule has 2 rings (SSSR count). The fourth-order valence-corrected chi connectivity index (χ4v) is 2.03. The largest absolute Gasteiger partial charge is 0.494 e. The van der Waals surface area contributed by atoms with E-state index in [0.717, 1.165) is 0 Å². The predicted molar refractivity (Wildman–Crippen MR) is 94.4 cm³/mol. The molecule has 126 valence electrons. The monoisotopic (exact) mass is 328 g/mol. The molecule has 0 aliphatic heterocycles. The molecule has 0 radical (unpaired) electrons. The van der Waals surface area contributed by atoms with E-state index in [4.69, 9.17) is 10.5 Å². The first-order chi connectivity index (χ1) is 11.6. The molecule has 2 aromatic rings. The van der Waals surface area contributed by atoms with E-state index in [-0.39, 0.29) is 24.9 Å². The lowest BCUT2D eigenvalue weighted by Crippen LogP contribution is -2.20. The number of methoxy groups -OCH3 is 1. The summed E-state index contributed by atoms with van der Waals surface area (Å²) in [5.74, 6) is 0.255. The van der Waals surface area contributed by atoms with E-state index in [2.05, 4.69) is 16.0 Å². The fourth-order valence-electron chi connectivity index (χ4n) is 2.03. The Kier molecular flexibility index (Phi) is 6.16. The molecule has 7 nitrogen and oxygen atoms in total. The van der Waals surface area contributed by atoms with Gasteiger partial charge < -0.3 is 26.4 Å². The number of ether oxygens (including phenoxy) is 1. The average molecular weight is 328 g/mol. The molecule has 0 unspecified atom stereocenters. The normalized spacial score (nSPS) is 9.92. The van der Waals surface area contributed by atoms with Gasteiger partial charge in [-0.25, -0.2) is 4.79 Å². The van der Waals surface area contributed by atoms with Crippen LogP contribution in [0.2, 0.25) is 0 Å². The number of rotatable bonds is 6. The summed E-state index contributed by atoms with van der Waals surface area (Å²) < 4.78 is 5.26. The molecule has 0 aromatic heterocycles. The Bertz CT molecular complexity index is 704. The number of benzene rings is 2. The molecule has 0 heterocycles. The minimum Gasteiger partial charge on any atom is -0.494 e. The number of para-hydroxylation sites is 1. The Hall–Kier alpha value is -3.06. The summed E-state index contributed by atoms with van der Waals surface area (Å²) in [6, 6.07) is 13.7. The third kappa shape index (κ3) is 4.99. The summed E-state index contributed by atoms with van der Waals surface area (Å²) >= 11 is 0. The van der Waals surface area contributed by atoms with Crippen LogP contribution in [0.5, 0.6) is 5.75 Å². The zero-order chi connectivity index (χ0) is 17.4. The zero-order valence-corrected chi connectivity index (χ0v) is 13.3. The molecular weight excluding hydrogens is 308 g/mol. The number of hydrogen-bond acceptors (Lipinski definition) is 4. The second-order valence-electron chi connectivity index (χ2n) is 4.95. The van der Waals surface area contributed by atoms with Crippen LogP contribution in [0.3, 0.4) is 0 Å². The second kappa shape index (κ2) is 8.54. The maximum Gasteiger partial charge on any atom is 0.323 e. The molecule has 7 heteroatoms. The number of hydrogen-bond donors (Lipinski definition) is 4. The topological polar surface area (TPSA) is 105 Å². The Morgan fingerprint density at radius 1 is 1.00 bits per heavy atom. The summed E-state index contributed by atoms with van der Waals surface area (Å²) in [6.45, 7) is 0.280. The number of urea groups is 1. The second-order valence-corrected chi connectivity index (χ2v) is 4.95. The van der Waals surface area contributed by atoms with E-state index in [1.54, 1.807) is 30.3 Å². The van der Waals surface area contributed by atoms with E-state index in [0.29, 0.717) is 22.8 Å². The summed E-state index contributed by atoms with van der Waals surface area (Å²) in [5, 5.41) is 8.13. The fraction of sp³-hybridized carbons (Fsp3) is 0.176. The highest BCUT2D eigenvalue weighted by Gasteiger charge is 2.10.